The van der Waals surface area contributed by atoms with Crippen LogP contribution in [0.2, 0.25) is 0 Å². The first kappa shape index (κ1) is 15.5. The number of primary sulfonamides is 1. The fraction of sp³-hybridized carbons (Fsp3) is 0.143. The molecule has 0 aliphatic carbocycles. The summed E-state index contributed by atoms with van der Waals surface area (Å²) < 4.78 is 23.5. The molecule has 7 heteroatoms. The van der Waals surface area contributed by atoms with Gasteiger partial charge in [0.05, 0.1) is 4.90 Å². The summed E-state index contributed by atoms with van der Waals surface area (Å²) in [5.74, 6) is 0. The van der Waals surface area contributed by atoms with Gasteiger partial charge in [-0.1, -0.05) is 24.3 Å². The fourth-order valence-electron chi connectivity index (χ4n) is 2.20. The van der Waals surface area contributed by atoms with Gasteiger partial charge in [0.1, 0.15) is 0 Å². The zero-order chi connectivity index (χ0) is 15.6. The second-order valence-corrected chi connectivity index (χ2v) is 6.23. The van der Waals surface area contributed by atoms with Gasteiger partial charge in [-0.05, 0) is 28.8 Å². The van der Waals surface area contributed by atoms with E-state index in [1.165, 1.54) is 6.07 Å². The molecule has 0 saturated heterocycles. The largest absolute Gasteiger partial charge is 0.399 e. The summed E-state index contributed by atoms with van der Waals surface area (Å²) in [6, 6.07) is 10.1. The van der Waals surface area contributed by atoms with Gasteiger partial charge in [-0.15, -0.1) is 0 Å². The van der Waals surface area contributed by atoms with E-state index in [2.05, 4.69) is 0 Å². The van der Waals surface area contributed by atoms with Crippen molar-refractivity contribution in [2.75, 3.05) is 5.73 Å². The Morgan fingerprint density at radius 3 is 2.14 bits per heavy atom. The van der Waals surface area contributed by atoms with E-state index in [9.17, 15) is 8.42 Å². The number of rotatable bonds is 4. The van der Waals surface area contributed by atoms with Crippen molar-refractivity contribution in [3.05, 3.63) is 47.5 Å². The molecular weight excluding hydrogens is 288 g/mol. The van der Waals surface area contributed by atoms with Crippen LogP contribution in [0.15, 0.2) is 41.3 Å². The highest BCUT2D eigenvalue weighted by Gasteiger charge is 2.17. The molecule has 0 aromatic heterocycles. The number of hydrogen-bond acceptors (Lipinski definition) is 5. The number of nitrogen functional groups attached to an aromatic ring is 1. The Balaban J connectivity index is 2.73. The van der Waals surface area contributed by atoms with Crippen molar-refractivity contribution in [2.24, 2.45) is 16.6 Å². The van der Waals surface area contributed by atoms with Crippen LogP contribution in [0.4, 0.5) is 5.69 Å². The van der Waals surface area contributed by atoms with Crippen molar-refractivity contribution in [3.8, 4) is 11.1 Å². The number of anilines is 1. The molecule has 2 aromatic carbocycles. The van der Waals surface area contributed by atoms with Crippen molar-refractivity contribution in [2.45, 2.75) is 18.0 Å². The SMILES string of the molecule is NCc1ccc(-c2ccc(N)cc2S(N)(=O)=O)c(CN)c1. The molecule has 0 saturated carbocycles. The lowest BCUT2D eigenvalue weighted by Gasteiger charge is -2.14. The van der Waals surface area contributed by atoms with Gasteiger partial charge >= 0.3 is 0 Å². The van der Waals surface area contributed by atoms with E-state index in [0.29, 0.717) is 23.4 Å². The molecule has 6 nitrogen and oxygen atoms in total. The number of sulfonamides is 1. The maximum atomic E-state index is 11.8. The van der Waals surface area contributed by atoms with Crippen molar-refractivity contribution < 1.29 is 8.42 Å². The summed E-state index contributed by atoms with van der Waals surface area (Å²) in [5.41, 5.74) is 20.3. The van der Waals surface area contributed by atoms with E-state index in [-0.39, 0.29) is 11.4 Å². The topological polar surface area (TPSA) is 138 Å². The van der Waals surface area contributed by atoms with Crippen LogP contribution in [0.3, 0.4) is 0 Å². The van der Waals surface area contributed by atoms with Gasteiger partial charge in [0.15, 0.2) is 0 Å². The van der Waals surface area contributed by atoms with E-state index in [0.717, 1.165) is 11.1 Å². The van der Waals surface area contributed by atoms with Crippen LogP contribution in [0.1, 0.15) is 11.1 Å². The Morgan fingerprint density at radius 1 is 0.905 bits per heavy atom. The third-order valence-corrected chi connectivity index (χ3v) is 4.18. The van der Waals surface area contributed by atoms with Crippen molar-refractivity contribution >= 4 is 15.7 Å². The minimum absolute atomic E-state index is 0.0160. The summed E-state index contributed by atoms with van der Waals surface area (Å²) in [5, 5.41) is 5.28. The van der Waals surface area contributed by atoms with Crippen LogP contribution in [-0.2, 0) is 23.1 Å². The molecule has 0 spiro atoms. The third kappa shape index (κ3) is 3.22. The number of nitrogens with two attached hydrogens (primary N) is 4. The first-order chi connectivity index (χ1) is 9.86. The second-order valence-electron chi connectivity index (χ2n) is 4.70. The Bertz CT molecular complexity index is 773. The van der Waals surface area contributed by atoms with Gasteiger partial charge in [0.2, 0.25) is 10.0 Å². The van der Waals surface area contributed by atoms with Crippen molar-refractivity contribution in [3.63, 3.8) is 0 Å². The fourth-order valence-corrected chi connectivity index (χ4v) is 2.99. The summed E-state index contributed by atoms with van der Waals surface area (Å²) >= 11 is 0. The van der Waals surface area contributed by atoms with E-state index in [1.807, 2.05) is 12.1 Å². The molecule has 2 aromatic rings. The van der Waals surface area contributed by atoms with Gasteiger partial charge in [-0.25, -0.2) is 13.6 Å². The van der Waals surface area contributed by atoms with E-state index in [4.69, 9.17) is 22.3 Å². The molecule has 8 N–H and O–H groups in total. The lowest BCUT2D eigenvalue weighted by molar-refractivity contribution is 0.598. The highest BCUT2D eigenvalue weighted by molar-refractivity contribution is 7.89. The van der Waals surface area contributed by atoms with Crippen molar-refractivity contribution in [1.82, 2.24) is 0 Å². The Morgan fingerprint density at radius 2 is 1.57 bits per heavy atom. The predicted molar refractivity (Wildman–Crippen MR) is 83.4 cm³/mol. The van der Waals surface area contributed by atoms with Gasteiger partial charge in [0.25, 0.3) is 0 Å². The molecular formula is C14H18N4O2S. The zero-order valence-electron chi connectivity index (χ0n) is 11.4. The standard InChI is InChI=1S/C14H18N4O2S/c15-7-9-1-3-12(10(5-9)8-16)13-4-2-11(17)6-14(13)21(18,19)20/h1-6H,7-8,15-17H2,(H2,18,19,20). The zero-order valence-corrected chi connectivity index (χ0v) is 12.2. The summed E-state index contributed by atoms with van der Waals surface area (Å²) in [6.45, 7) is 0.647. The summed E-state index contributed by atoms with van der Waals surface area (Å²) in [6.07, 6.45) is 0. The quantitative estimate of drug-likeness (QED) is 0.609. The molecule has 0 bridgehead atoms. The number of benzene rings is 2. The van der Waals surface area contributed by atoms with Crippen LogP contribution in [0.5, 0.6) is 0 Å². The molecule has 0 radical (unpaired) electrons. The average Bonchev–Trinajstić information content (AvgIpc) is 2.45. The maximum absolute atomic E-state index is 11.8. The molecule has 21 heavy (non-hydrogen) atoms. The Kier molecular flexibility index (Phi) is 4.29. The van der Waals surface area contributed by atoms with E-state index in [1.54, 1.807) is 18.2 Å². The third-order valence-electron chi connectivity index (χ3n) is 3.23. The Hall–Kier alpha value is -1.93. The number of hydrogen-bond donors (Lipinski definition) is 4. The second kappa shape index (κ2) is 5.82. The van der Waals surface area contributed by atoms with Crippen LogP contribution < -0.4 is 22.3 Å². The molecule has 112 valence electrons. The molecule has 0 aliphatic heterocycles. The molecule has 0 heterocycles. The molecule has 0 amide bonds. The lowest BCUT2D eigenvalue weighted by atomic mass is 9.97. The van der Waals surface area contributed by atoms with Crippen molar-refractivity contribution in [1.29, 1.82) is 0 Å². The molecule has 0 unspecified atom stereocenters. The van der Waals surface area contributed by atoms with Gasteiger partial charge in [0, 0.05) is 24.3 Å². The van der Waals surface area contributed by atoms with E-state index < -0.39 is 10.0 Å². The molecule has 2 rings (SSSR count). The van der Waals surface area contributed by atoms with Crippen LogP contribution in [0, 0.1) is 0 Å². The highest BCUT2D eigenvalue weighted by atomic mass is 32.2. The monoisotopic (exact) mass is 306 g/mol. The molecule has 0 aliphatic rings. The normalized spacial score (nSPS) is 11.6. The first-order valence-corrected chi connectivity index (χ1v) is 7.86. The van der Waals surface area contributed by atoms with Gasteiger partial charge in [-0.3, -0.25) is 0 Å². The molecule has 0 atom stereocenters. The predicted octanol–water partition coefficient (Wildman–Crippen LogP) is 0.501. The van der Waals surface area contributed by atoms with Crippen LogP contribution in [-0.4, -0.2) is 8.42 Å². The molecule has 0 fully saturated rings. The summed E-state index contributed by atoms with van der Waals surface area (Å²) in [7, 11) is -3.89. The minimum Gasteiger partial charge on any atom is -0.399 e. The smallest absolute Gasteiger partial charge is 0.238 e. The van der Waals surface area contributed by atoms with E-state index >= 15 is 0 Å². The summed E-state index contributed by atoms with van der Waals surface area (Å²) in [4.78, 5) is -0.0160. The average molecular weight is 306 g/mol. The lowest BCUT2D eigenvalue weighted by Crippen LogP contribution is -2.14. The first-order valence-electron chi connectivity index (χ1n) is 6.31. The van der Waals surface area contributed by atoms with Crippen LogP contribution in [0.25, 0.3) is 11.1 Å². The van der Waals surface area contributed by atoms with Crippen LogP contribution >= 0.6 is 0 Å². The van der Waals surface area contributed by atoms with Gasteiger partial charge < -0.3 is 17.2 Å². The highest BCUT2D eigenvalue weighted by Crippen LogP contribution is 2.31. The Labute approximate surface area is 123 Å². The minimum atomic E-state index is -3.89. The van der Waals surface area contributed by atoms with Gasteiger partial charge in [-0.2, -0.15) is 0 Å². The maximum Gasteiger partial charge on any atom is 0.238 e.